The largest absolute Gasteiger partial charge is 0.708 e. The normalized spacial score (nSPS) is 26.6. The number of aliphatic hydroxyl groups is 2. The number of hydrogen-bond donors (Lipinski definition) is 6. The van der Waals surface area contributed by atoms with E-state index in [4.69, 9.17) is 20.3 Å². The highest BCUT2D eigenvalue weighted by molar-refractivity contribution is 7.55. The summed E-state index contributed by atoms with van der Waals surface area (Å²) in [7, 11) is -8.22. The summed E-state index contributed by atoms with van der Waals surface area (Å²) in [4.78, 5) is 38.9. The molecule has 5 atom stereocenters. The van der Waals surface area contributed by atoms with Crippen LogP contribution in [-0.4, -0.2) is 64.4 Å². The zero-order valence-corrected chi connectivity index (χ0v) is 14.9. The van der Waals surface area contributed by atoms with Gasteiger partial charge in [0, 0.05) is 4.57 Å². The molecule has 15 nitrogen and oxygen atoms in total. The molecular weight excluding hydrogens is 412 g/mol. The zero-order valence-electron chi connectivity index (χ0n) is 13.1. The Kier molecular flexibility index (Phi) is 5.40. The van der Waals surface area contributed by atoms with Crippen LogP contribution in [0.5, 0.6) is 0 Å². The van der Waals surface area contributed by atoms with Gasteiger partial charge in [0.2, 0.25) is 5.95 Å². The lowest BCUT2D eigenvalue weighted by molar-refractivity contribution is -0.0476. The van der Waals surface area contributed by atoms with E-state index in [9.17, 15) is 24.1 Å². The van der Waals surface area contributed by atoms with Crippen LogP contribution in [0.3, 0.4) is 0 Å². The van der Waals surface area contributed by atoms with Crippen molar-refractivity contribution in [3.63, 3.8) is 0 Å². The number of anilines is 1. The highest BCUT2D eigenvalue weighted by Crippen LogP contribution is 2.48. The second kappa shape index (κ2) is 7.31. The lowest BCUT2D eigenvalue weighted by Gasteiger charge is -2.16. The summed E-state index contributed by atoms with van der Waals surface area (Å²) in [5.74, 6) is -0.200. The van der Waals surface area contributed by atoms with E-state index >= 15 is 0 Å². The Labute approximate surface area is 149 Å². The molecule has 0 aromatic carbocycles. The van der Waals surface area contributed by atoms with Crippen LogP contribution in [0.4, 0.5) is 5.95 Å². The van der Waals surface area contributed by atoms with Crippen LogP contribution in [-0.2, 0) is 22.7 Å². The van der Waals surface area contributed by atoms with E-state index in [1.165, 1.54) is 4.57 Å². The summed E-state index contributed by atoms with van der Waals surface area (Å²) >= 11 is 0. The van der Waals surface area contributed by atoms with E-state index in [1.807, 2.05) is 0 Å². The molecule has 2 aromatic rings. The number of aromatic nitrogens is 4. The van der Waals surface area contributed by atoms with Gasteiger partial charge in [-0.2, -0.15) is 4.98 Å². The van der Waals surface area contributed by atoms with Crippen molar-refractivity contribution in [1.29, 1.82) is 0 Å². The number of aromatic amines is 1. The second-order valence-electron chi connectivity index (χ2n) is 5.41. The minimum Gasteiger partial charge on any atom is -0.387 e. The number of ether oxygens (including phenoxy) is 1. The maximum Gasteiger partial charge on any atom is 0.708 e. The molecule has 3 rings (SSSR count). The molecule has 1 aliphatic heterocycles. The van der Waals surface area contributed by atoms with Gasteiger partial charge < -0.3 is 30.5 Å². The molecule has 27 heavy (non-hydrogen) atoms. The Morgan fingerprint density at radius 2 is 2.11 bits per heavy atom. The van der Waals surface area contributed by atoms with Crippen molar-refractivity contribution in [1.82, 2.24) is 19.5 Å². The second-order valence-corrected chi connectivity index (χ2v) is 7.75. The molecule has 0 amide bonds. The lowest BCUT2D eigenvalue weighted by Crippen LogP contribution is -2.33. The molecule has 0 spiro atoms. The minimum atomic E-state index is -5.03. The molecule has 17 heteroatoms. The van der Waals surface area contributed by atoms with E-state index in [1.54, 1.807) is 0 Å². The summed E-state index contributed by atoms with van der Waals surface area (Å²) in [6.07, 6.45) is -4.37. The lowest BCUT2D eigenvalue weighted by atomic mass is 10.1. The maximum atomic E-state index is 11.8. The van der Waals surface area contributed by atoms with Gasteiger partial charge in [0.1, 0.15) is 24.9 Å². The predicted molar refractivity (Wildman–Crippen MR) is 85.2 cm³/mol. The molecule has 0 saturated carbocycles. The number of nitrogens with one attached hydrogen (secondary N) is 1. The molecule has 0 radical (unpaired) electrons. The number of nitrogens with two attached hydrogens (primary N) is 1. The average Bonchev–Trinajstić information content (AvgIpc) is 3.07. The first-order valence-electron chi connectivity index (χ1n) is 7.16. The molecule has 7 N–H and O–H groups in total. The first-order chi connectivity index (χ1) is 12.6. The third-order valence-corrected chi connectivity index (χ3v) is 5.32. The predicted octanol–water partition coefficient (Wildman–Crippen LogP) is -1.90. The van der Waals surface area contributed by atoms with Crippen molar-refractivity contribution in [2.24, 2.45) is 0 Å². The first-order valence-corrected chi connectivity index (χ1v) is 9.79. The van der Waals surface area contributed by atoms with Crippen molar-refractivity contribution < 1.29 is 42.7 Å². The van der Waals surface area contributed by atoms with Crippen molar-refractivity contribution in [2.75, 3.05) is 12.3 Å². The average molecular weight is 426 g/mol. The van der Waals surface area contributed by atoms with Gasteiger partial charge in [0.25, 0.3) is 5.56 Å². The number of phosphoric acid groups is 1. The van der Waals surface area contributed by atoms with Crippen LogP contribution in [0.1, 0.15) is 6.23 Å². The minimum absolute atomic E-state index is 0.00928. The molecule has 148 valence electrons. The van der Waals surface area contributed by atoms with Crippen LogP contribution in [0, 0.1) is 0 Å². The summed E-state index contributed by atoms with van der Waals surface area (Å²) in [5, 5.41) is 20.3. The Bertz CT molecular complexity index is 971. The molecular formula is C10H14N5O10P2+. The van der Waals surface area contributed by atoms with Gasteiger partial charge in [-0.15, -0.1) is 4.52 Å². The van der Waals surface area contributed by atoms with Crippen LogP contribution >= 0.6 is 16.1 Å². The van der Waals surface area contributed by atoms with Crippen molar-refractivity contribution in [2.45, 2.75) is 24.5 Å². The highest BCUT2D eigenvalue weighted by atomic mass is 31.2. The molecule has 2 aromatic heterocycles. The summed E-state index contributed by atoms with van der Waals surface area (Å²) in [5.41, 5.74) is 4.78. The van der Waals surface area contributed by atoms with Gasteiger partial charge in [-0.25, -0.2) is 9.55 Å². The molecule has 3 unspecified atom stereocenters. The molecule has 0 bridgehead atoms. The number of nitrogen functional groups attached to an aromatic ring is 1. The van der Waals surface area contributed by atoms with Crippen molar-refractivity contribution in [3.8, 4) is 0 Å². The molecule has 3 heterocycles. The van der Waals surface area contributed by atoms with Gasteiger partial charge in [-0.1, -0.05) is 0 Å². The van der Waals surface area contributed by atoms with E-state index < -0.39 is 52.8 Å². The topological polar surface area (TPSA) is 232 Å². The number of aliphatic hydroxyl groups excluding tert-OH is 2. The van der Waals surface area contributed by atoms with E-state index in [2.05, 4.69) is 23.8 Å². The number of rotatable bonds is 6. The first kappa shape index (κ1) is 19.9. The van der Waals surface area contributed by atoms with Crippen molar-refractivity contribution in [3.05, 3.63) is 16.7 Å². The number of imidazole rings is 1. The van der Waals surface area contributed by atoms with Gasteiger partial charge >= 0.3 is 16.1 Å². The Balaban J connectivity index is 1.77. The van der Waals surface area contributed by atoms with Crippen LogP contribution < -0.4 is 11.3 Å². The fourth-order valence-electron chi connectivity index (χ4n) is 2.47. The van der Waals surface area contributed by atoms with Crippen LogP contribution in [0.2, 0.25) is 0 Å². The summed E-state index contributed by atoms with van der Waals surface area (Å²) in [6, 6.07) is 0. The monoisotopic (exact) mass is 426 g/mol. The van der Waals surface area contributed by atoms with Crippen LogP contribution in [0.25, 0.3) is 11.2 Å². The maximum absolute atomic E-state index is 11.8. The standard InChI is InChI=1S/C10H13N5O10P2/c11-10-13-7-4(8(18)14-10)12-2-15(7)9-6(17)5(16)3(24-9)1-23-26(19)25-27(20,21)22/h2-3,5-6,9,16-17H,1H2,(H4-,11,13,14,18,20,21,22)/p+1/t3-,5?,6?,9-/m1/s1. The molecule has 1 fully saturated rings. The summed E-state index contributed by atoms with van der Waals surface area (Å²) in [6.45, 7) is -0.618. The fourth-order valence-corrected chi connectivity index (χ4v) is 3.62. The van der Waals surface area contributed by atoms with Crippen molar-refractivity contribution >= 4 is 33.2 Å². The molecule has 0 aliphatic carbocycles. The smallest absolute Gasteiger partial charge is 0.387 e. The third kappa shape index (κ3) is 4.21. The zero-order chi connectivity index (χ0) is 19.9. The van der Waals surface area contributed by atoms with E-state index in [0.29, 0.717) is 0 Å². The Morgan fingerprint density at radius 1 is 1.41 bits per heavy atom. The number of fused-ring (bicyclic) bond motifs is 1. The fraction of sp³-hybridized carbons (Fsp3) is 0.500. The van der Waals surface area contributed by atoms with Gasteiger partial charge in [-0.3, -0.25) is 14.3 Å². The third-order valence-electron chi connectivity index (χ3n) is 3.58. The Morgan fingerprint density at radius 3 is 2.78 bits per heavy atom. The SMILES string of the molecule is Nc1nc2c(ncn2[C@@H]2O[C@H](CO[P+](=O)OP(=O)(O)O)C(O)C2O)c(=O)[nH]1. The van der Waals surface area contributed by atoms with Gasteiger partial charge in [-0.05, 0) is 4.31 Å². The molecule has 1 aliphatic rings. The van der Waals surface area contributed by atoms with E-state index in [-0.39, 0.29) is 17.1 Å². The summed E-state index contributed by atoms with van der Waals surface area (Å²) < 4.78 is 36.9. The molecule has 1 saturated heterocycles. The van der Waals surface area contributed by atoms with E-state index in [0.717, 1.165) is 6.33 Å². The number of hydrogen-bond acceptors (Lipinski definition) is 11. The van der Waals surface area contributed by atoms with Gasteiger partial charge in [0.05, 0.1) is 6.33 Å². The van der Waals surface area contributed by atoms with Crippen LogP contribution in [0.15, 0.2) is 11.1 Å². The van der Waals surface area contributed by atoms with Gasteiger partial charge in [0.15, 0.2) is 17.4 Å². The highest BCUT2D eigenvalue weighted by Gasteiger charge is 2.46. The number of nitrogens with zero attached hydrogens (tertiary/aromatic N) is 3. The quantitative estimate of drug-likeness (QED) is 0.277. The number of H-pyrrole nitrogens is 1. The Hall–Kier alpha value is -1.80.